The van der Waals surface area contributed by atoms with Gasteiger partial charge in [0.05, 0.1) is 24.9 Å². The molecule has 38 heavy (non-hydrogen) atoms. The van der Waals surface area contributed by atoms with Gasteiger partial charge in [-0.1, -0.05) is 61.3 Å². The summed E-state index contributed by atoms with van der Waals surface area (Å²) in [5.74, 6) is 2.42. The van der Waals surface area contributed by atoms with Gasteiger partial charge in [0.2, 0.25) is 0 Å². The number of terminal acetylenes is 1. The maximum Gasteiger partial charge on any atom is 0.397 e. The molecule has 3 rings (SSSR count). The minimum atomic E-state index is -1.78. The third-order valence-corrected chi connectivity index (χ3v) is 6.99. The molecule has 1 aromatic carbocycles. The van der Waals surface area contributed by atoms with Crippen molar-refractivity contribution in [3.63, 3.8) is 0 Å². The van der Waals surface area contributed by atoms with E-state index in [0.29, 0.717) is 23.3 Å². The molecule has 8 nitrogen and oxygen atoms in total. The molecule has 1 aromatic heterocycles. The highest BCUT2D eigenvalue weighted by Crippen LogP contribution is 2.52. The predicted molar refractivity (Wildman–Crippen MR) is 148 cm³/mol. The highest BCUT2D eigenvalue weighted by atomic mass is 31.2. The van der Waals surface area contributed by atoms with E-state index in [4.69, 9.17) is 24.7 Å². The van der Waals surface area contributed by atoms with Crippen LogP contribution in [0.15, 0.2) is 21.9 Å². The Morgan fingerprint density at radius 2 is 1.82 bits per heavy atom. The predicted octanol–water partition coefficient (Wildman–Crippen LogP) is 5.54. The second-order valence-electron chi connectivity index (χ2n) is 10.8. The van der Waals surface area contributed by atoms with E-state index in [9.17, 15) is 9.59 Å². The summed E-state index contributed by atoms with van der Waals surface area (Å²) >= 11 is 0. The zero-order valence-corrected chi connectivity index (χ0v) is 24.8. The number of methoxy groups -OCH3 is 1. The molecule has 0 spiro atoms. The molecule has 210 valence electrons. The fourth-order valence-electron chi connectivity index (χ4n) is 3.79. The van der Waals surface area contributed by atoms with Crippen LogP contribution in [-0.2, 0) is 37.8 Å². The molecule has 2 aromatic rings. The lowest BCUT2D eigenvalue weighted by atomic mass is 9.78. The minimum Gasteiger partial charge on any atom is -0.426 e. The van der Waals surface area contributed by atoms with E-state index in [2.05, 4.69) is 31.7 Å². The van der Waals surface area contributed by atoms with Gasteiger partial charge in [-0.2, -0.15) is 0 Å². The van der Waals surface area contributed by atoms with Crippen LogP contribution in [0.3, 0.4) is 0 Å². The van der Waals surface area contributed by atoms with Crippen LogP contribution >= 0.6 is 8.60 Å². The number of halogens is 1. The molecule has 1 N–H and O–H groups in total. The van der Waals surface area contributed by atoms with Crippen molar-refractivity contribution < 1.29 is 22.7 Å². The van der Waals surface area contributed by atoms with Crippen LogP contribution in [0.2, 0.25) is 0 Å². The van der Waals surface area contributed by atoms with Gasteiger partial charge in [0, 0.05) is 25.4 Å². The fourth-order valence-corrected chi connectivity index (χ4v) is 4.85. The van der Waals surface area contributed by atoms with Gasteiger partial charge in [0.15, 0.2) is 0 Å². The van der Waals surface area contributed by atoms with E-state index in [1.165, 1.54) is 17.9 Å². The van der Waals surface area contributed by atoms with E-state index in [-0.39, 0.29) is 42.0 Å². The number of aryl methyl sites for hydroxylation is 1. The number of rotatable bonds is 7. The molecule has 0 aliphatic carbocycles. The number of aromatic amines is 1. The third kappa shape index (κ3) is 7.54. The molecule has 2 atom stereocenters. The number of aromatic nitrogens is 2. The van der Waals surface area contributed by atoms with Crippen LogP contribution < -0.4 is 15.8 Å². The van der Waals surface area contributed by atoms with Gasteiger partial charge in [0.25, 0.3) is 5.56 Å². The number of hydrogen-bond acceptors (Lipinski definition) is 6. The minimum absolute atomic E-state index is 0.0408. The van der Waals surface area contributed by atoms with Crippen LogP contribution in [-0.4, -0.2) is 29.4 Å². The van der Waals surface area contributed by atoms with Gasteiger partial charge >= 0.3 is 14.3 Å². The molecule has 1 aliphatic rings. The summed E-state index contributed by atoms with van der Waals surface area (Å²) in [6.45, 7) is 16.5. The zero-order valence-electron chi connectivity index (χ0n) is 23.9. The van der Waals surface area contributed by atoms with Crippen LogP contribution in [0.5, 0.6) is 5.75 Å². The zero-order chi connectivity index (χ0) is 28.8. The summed E-state index contributed by atoms with van der Waals surface area (Å²) in [5.41, 5.74) is 0.178. The lowest BCUT2D eigenvalue weighted by molar-refractivity contribution is 0.0396. The quantitative estimate of drug-likeness (QED) is 0.360. The first-order chi connectivity index (χ1) is 17.8. The average Bonchev–Trinajstić information content (AvgIpc) is 2.85. The summed E-state index contributed by atoms with van der Waals surface area (Å²) in [5, 5.41) is 0. The molecule has 0 fully saturated rings. The average molecular weight is 551 g/mol. The monoisotopic (exact) mass is 550 g/mol. The molecule has 0 saturated heterocycles. The molecule has 0 radical (unpaired) electrons. The van der Waals surface area contributed by atoms with Crippen LogP contribution in [0.1, 0.15) is 84.1 Å². The molecule has 10 heteroatoms. The molecule has 2 heterocycles. The standard InChI is InChI=1S/C26H34FN2O6P.C2H6/c1-9-16-13-29(24(31)28-23(16)30)11-10-17(32-8)14-33-36-34-15-18-21(27)19(25(2,3)4)12-20(22(18)35-36)26(5,6)7;1-2/h1,12-13,17H,10-11,14-15H2,2-8H3,(H,28,30,31);1-2H3. The molecule has 0 amide bonds. The van der Waals surface area contributed by atoms with E-state index in [0.717, 1.165) is 5.56 Å². The van der Waals surface area contributed by atoms with Crippen molar-refractivity contribution in [3.8, 4) is 18.1 Å². The van der Waals surface area contributed by atoms with Crippen molar-refractivity contribution in [1.82, 2.24) is 9.55 Å². The Morgan fingerprint density at radius 1 is 1.18 bits per heavy atom. The van der Waals surface area contributed by atoms with Crippen molar-refractivity contribution in [2.45, 2.75) is 91.9 Å². The van der Waals surface area contributed by atoms with Gasteiger partial charge in [-0.15, -0.1) is 6.42 Å². The largest absolute Gasteiger partial charge is 0.426 e. The lowest BCUT2D eigenvalue weighted by Gasteiger charge is -2.33. The summed E-state index contributed by atoms with van der Waals surface area (Å²) in [7, 11) is -0.252. The molecule has 1 aliphatic heterocycles. The number of ether oxygens (including phenoxy) is 1. The van der Waals surface area contributed by atoms with Gasteiger partial charge in [0.1, 0.15) is 17.1 Å². The van der Waals surface area contributed by atoms with Crippen LogP contribution in [0.25, 0.3) is 0 Å². The lowest BCUT2D eigenvalue weighted by Crippen LogP contribution is -2.32. The summed E-state index contributed by atoms with van der Waals surface area (Å²) < 4.78 is 39.9. The van der Waals surface area contributed by atoms with Crippen molar-refractivity contribution in [2.75, 3.05) is 13.7 Å². The molecule has 0 bridgehead atoms. The first-order valence-corrected chi connectivity index (χ1v) is 13.8. The topological polar surface area (TPSA) is 91.8 Å². The van der Waals surface area contributed by atoms with Crippen molar-refractivity contribution in [3.05, 3.63) is 61.2 Å². The number of H-pyrrole nitrogens is 1. The van der Waals surface area contributed by atoms with E-state index in [1.807, 2.05) is 40.7 Å². The first kappa shape index (κ1) is 31.7. The van der Waals surface area contributed by atoms with Crippen molar-refractivity contribution in [1.29, 1.82) is 0 Å². The number of nitrogens with one attached hydrogen (secondary N) is 1. The van der Waals surface area contributed by atoms with Gasteiger partial charge < -0.3 is 9.26 Å². The smallest absolute Gasteiger partial charge is 0.397 e. The highest BCUT2D eigenvalue weighted by molar-refractivity contribution is 7.42. The number of hydrogen-bond donors (Lipinski definition) is 1. The van der Waals surface area contributed by atoms with Crippen LogP contribution in [0, 0.1) is 18.2 Å². The molecular formula is C28H40FN2O6P. The Bertz CT molecular complexity index is 1270. The Hall–Kier alpha value is -2.50. The summed E-state index contributed by atoms with van der Waals surface area (Å²) in [6.07, 6.45) is 6.67. The number of nitrogens with zero attached hydrogens (tertiary/aromatic N) is 1. The summed E-state index contributed by atoms with van der Waals surface area (Å²) in [6, 6.07) is 1.89. The maximum absolute atomic E-state index is 15.4. The van der Waals surface area contributed by atoms with Crippen LogP contribution in [0.4, 0.5) is 4.39 Å². The second-order valence-corrected chi connectivity index (χ2v) is 11.9. The molecule has 2 unspecified atom stereocenters. The Morgan fingerprint density at radius 3 is 2.37 bits per heavy atom. The maximum atomic E-state index is 15.4. The van der Waals surface area contributed by atoms with E-state index < -0.39 is 26.0 Å². The van der Waals surface area contributed by atoms with E-state index in [1.54, 1.807) is 0 Å². The Balaban J connectivity index is 0.00000247. The highest BCUT2D eigenvalue weighted by Gasteiger charge is 2.35. The SMILES string of the molecule is C#Cc1cn(CCC(COP2OCc3c(F)c(C(C)(C)C)cc(C(C)(C)C)c3O2)OC)c(=O)[nH]c1=O.CC. The first-order valence-electron chi connectivity index (χ1n) is 12.7. The van der Waals surface area contributed by atoms with Gasteiger partial charge in [-0.3, -0.25) is 23.4 Å². The van der Waals surface area contributed by atoms with Gasteiger partial charge in [-0.25, -0.2) is 9.18 Å². The second kappa shape index (κ2) is 13.0. The number of fused-ring (bicyclic) bond motifs is 1. The van der Waals surface area contributed by atoms with Crippen molar-refractivity contribution in [2.24, 2.45) is 0 Å². The van der Waals surface area contributed by atoms with Gasteiger partial charge in [-0.05, 0) is 28.9 Å². The van der Waals surface area contributed by atoms with Crippen molar-refractivity contribution >= 4 is 8.60 Å². The molecular weight excluding hydrogens is 510 g/mol. The fraction of sp³-hybridized carbons (Fsp3) is 0.571. The number of benzene rings is 1. The Kier molecular flexibility index (Phi) is 10.9. The Labute approximate surface area is 225 Å². The molecule has 0 saturated carbocycles. The summed E-state index contributed by atoms with van der Waals surface area (Å²) in [4.78, 5) is 25.9. The normalized spacial score (nSPS) is 16.0. The third-order valence-electron chi connectivity index (χ3n) is 5.96. The van der Waals surface area contributed by atoms with E-state index >= 15 is 4.39 Å².